The monoisotopic (exact) mass is 321 g/mol. The van der Waals surface area contributed by atoms with Gasteiger partial charge in [0.1, 0.15) is 0 Å². The van der Waals surface area contributed by atoms with Gasteiger partial charge in [-0.2, -0.15) is 18.2 Å². The first-order valence-corrected chi connectivity index (χ1v) is 6.99. The molecule has 0 amide bonds. The van der Waals surface area contributed by atoms with E-state index in [2.05, 4.69) is 15.3 Å². The van der Waals surface area contributed by atoms with Crippen molar-refractivity contribution in [3.63, 3.8) is 0 Å². The van der Waals surface area contributed by atoms with Gasteiger partial charge in [0, 0.05) is 17.5 Å². The summed E-state index contributed by atoms with van der Waals surface area (Å²) in [5.74, 6) is 0.892. The van der Waals surface area contributed by atoms with Crippen LogP contribution in [0.5, 0.6) is 0 Å². The van der Waals surface area contributed by atoms with Crippen LogP contribution in [0.15, 0.2) is 39.4 Å². The maximum Gasteiger partial charge on any atom is 0.416 e. The van der Waals surface area contributed by atoms with Gasteiger partial charge in [-0.1, -0.05) is 22.4 Å². The van der Waals surface area contributed by atoms with Crippen LogP contribution in [0.1, 0.15) is 30.0 Å². The zero-order valence-electron chi connectivity index (χ0n) is 11.7. The normalized spacial score (nSPS) is 15.1. The summed E-state index contributed by atoms with van der Waals surface area (Å²) in [4.78, 5) is 4.09. The Bertz CT molecular complexity index is 850. The van der Waals surface area contributed by atoms with E-state index < -0.39 is 11.7 Å². The van der Waals surface area contributed by atoms with Crippen LogP contribution in [0.3, 0.4) is 0 Å². The lowest BCUT2D eigenvalue weighted by molar-refractivity contribution is -0.137. The first-order chi connectivity index (χ1) is 11.0. The Morgan fingerprint density at radius 2 is 1.87 bits per heavy atom. The Morgan fingerprint density at radius 1 is 1.04 bits per heavy atom. The molecule has 0 aliphatic heterocycles. The lowest BCUT2D eigenvalue weighted by Crippen LogP contribution is -2.04. The number of alkyl halides is 3. The quantitative estimate of drug-likeness (QED) is 0.720. The molecule has 118 valence electrons. The Balaban J connectivity index is 1.64. The van der Waals surface area contributed by atoms with Crippen LogP contribution >= 0.6 is 0 Å². The van der Waals surface area contributed by atoms with Crippen LogP contribution in [0.4, 0.5) is 13.2 Å². The van der Waals surface area contributed by atoms with E-state index in [0.717, 1.165) is 30.7 Å². The predicted octanol–water partition coefficient (Wildman–Crippen LogP) is 4.29. The van der Waals surface area contributed by atoms with Crippen molar-refractivity contribution < 1.29 is 22.2 Å². The van der Waals surface area contributed by atoms with E-state index in [1.165, 1.54) is 12.1 Å². The summed E-state index contributed by atoms with van der Waals surface area (Å²) in [7, 11) is 0. The van der Waals surface area contributed by atoms with Gasteiger partial charge in [-0.15, -0.1) is 0 Å². The molecule has 2 heterocycles. The van der Waals surface area contributed by atoms with Crippen LogP contribution in [0, 0.1) is 0 Å². The zero-order valence-corrected chi connectivity index (χ0v) is 11.7. The molecule has 0 spiro atoms. The van der Waals surface area contributed by atoms with Gasteiger partial charge in [0.2, 0.25) is 11.6 Å². The SMILES string of the molecule is FC(F)(F)c1cccc(-c2noc(-c3cc(C4CC4)no3)n2)c1. The highest BCUT2D eigenvalue weighted by atomic mass is 19.4. The van der Waals surface area contributed by atoms with Gasteiger partial charge >= 0.3 is 6.18 Å². The molecule has 0 saturated heterocycles. The summed E-state index contributed by atoms with van der Waals surface area (Å²) in [6.45, 7) is 0. The Morgan fingerprint density at radius 3 is 2.61 bits per heavy atom. The molecular weight excluding hydrogens is 311 g/mol. The van der Waals surface area contributed by atoms with Crippen LogP contribution < -0.4 is 0 Å². The van der Waals surface area contributed by atoms with Gasteiger partial charge in [0.25, 0.3) is 5.89 Å². The fourth-order valence-corrected chi connectivity index (χ4v) is 2.24. The molecule has 0 unspecified atom stereocenters. The van der Waals surface area contributed by atoms with E-state index in [4.69, 9.17) is 9.05 Å². The molecule has 1 saturated carbocycles. The summed E-state index contributed by atoms with van der Waals surface area (Å²) >= 11 is 0. The minimum absolute atomic E-state index is 0.0653. The lowest BCUT2D eigenvalue weighted by Gasteiger charge is -2.06. The van der Waals surface area contributed by atoms with Crippen LogP contribution in [0.25, 0.3) is 23.0 Å². The van der Waals surface area contributed by atoms with Crippen molar-refractivity contribution >= 4 is 0 Å². The van der Waals surface area contributed by atoms with Gasteiger partial charge in [-0.05, 0) is 25.0 Å². The predicted molar refractivity (Wildman–Crippen MR) is 72.2 cm³/mol. The third kappa shape index (κ3) is 2.71. The smallest absolute Gasteiger partial charge is 0.351 e. The first kappa shape index (κ1) is 14.0. The van der Waals surface area contributed by atoms with Crippen LogP contribution in [-0.4, -0.2) is 15.3 Å². The summed E-state index contributed by atoms with van der Waals surface area (Å²) in [5, 5.41) is 7.65. The summed E-state index contributed by atoms with van der Waals surface area (Å²) in [6, 6.07) is 6.47. The largest absolute Gasteiger partial charge is 0.416 e. The van der Waals surface area contributed by atoms with Crippen LogP contribution in [-0.2, 0) is 6.18 Å². The van der Waals surface area contributed by atoms with Crippen LogP contribution in [0.2, 0.25) is 0 Å². The number of hydrogen-bond donors (Lipinski definition) is 0. The molecule has 0 atom stereocenters. The van der Waals surface area contributed by atoms with Crippen molar-refractivity contribution in [1.29, 1.82) is 0 Å². The van der Waals surface area contributed by atoms with E-state index in [1.54, 1.807) is 6.07 Å². The molecule has 5 nitrogen and oxygen atoms in total. The Labute approximate surface area is 128 Å². The van der Waals surface area contributed by atoms with Crippen molar-refractivity contribution in [2.24, 2.45) is 0 Å². The topological polar surface area (TPSA) is 65.0 Å². The zero-order chi connectivity index (χ0) is 16.0. The molecule has 23 heavy (non-hydrogen) atoms. The fraction of sp³-hybridized carbons (Fsp3) is 0.267. The van der Waals surface area contributed by atoms with Crippen molar-refractivity contribution in [3.05, 3.63) is 41.6 Å². The first-order valence-electron chi connectivity index (χ1n) is 6.99. The van der Waals surface area contributed by atoms with Crippen molar-refractivity contribution in [2.45, 2.75) is 24.9 Å². The van der Waals surface area contributed by atoms with Gasteiger partial charge in [0.15, 0.2) is 0 Å². The van der Waals surface area contributed by atoms with Crippen molar-refractivity contribution in [2.75, 3.05) is 0 Å². The molecule has 1 aliphatic rings. The standard InChI is InChI=1S/C15H10F3N3O2/c16-15(17,18)10-3-1-2-9(6-10)13-19-14(23-21-13)12-7-11(20-22-12)8-4-5-8/h1-3,6-8H,4-5H2. The van der Waals surface area contributed by atoms with E-state index in [1.807, 2.05) is 0 Å². The van der Waals surface area contributed by atoms with E-state index >= 15 is 0 Å². The molecule has 0 N–H and O–H groups in total. The number of nitrogens with zero attached hydrogens (tertiary/aromatic N) is 3. The summed E-state index contributed by atoms with van der Waals surface area (Å²) < 4.78 is 48.5. The van der Waals surface area contributed by atoms with Crippen molar-refractivity contribution in [3.8, 4) is 23.0 Å². The molecule has 0 bridgehead atoms. The second-order valence-corrected chi connectivity index (χ2v) is 5.39. The second-order valence-electron chi connectivity index (χ2n) is 5.39. The number of halogens is 3. The van der Waals surface area contributed by atoms with Gasteiger partial charge in [-0.25, -0.2) is 0 Å². The Hall–Kier alpha value is -2.64. The molecule has 8 heteroatoms. The highest BCUT2D eigenvalue weighted by Gasteiger charge is 2.31. The molecule has 3 aromatic rings. The molecular formula is C15H10F3N3O2. The molecule has 1 aromatic carbocycles. The minimum Gasteiger partial charge on any atom is -0.351 e. The van der Waals surface area contributed by atoms with E-state index in [9.17, 15) is 13.2 Å². The molecule has 4 rings (SSSR count). The third-order valence-corrected chi connectivity index (χ3v) is 3.61. The number of rotatable bonds is 3. The highest BCUT2D eigenvalue weighted by molar-refractivity contribution is 5.58. The number of benzene rings is 1. The van der Waals surface area contributed by atoms with Gasteiger partial charge in [-0.3, -0.25) is 0 Å². The number of hydrogen-bond acceptors (Lipinski definition) is 5. The molecule has 1 fully saturated rings. The summed E-state index contributed by atoms with van der Waals surface area (Å²) in [5.41, 5.74) is 0.285. The van der Waals surface area contributed by atoms with Gasteiger partial charge < -0.3 is 9.05 Å². The van der Waals surface area contributed by atoms with E-state index in [-0.39, 0.29) is 17.3 Å². The molecule has 2 aromatic heterocycles. The third-order valence-electron chi connectivity index (χ3n) is 3.61. The van der Waals surface area contributed by atoms with E-state index in [0.29, 0.717) is 11.7 Å². The maximum atomic E-state index is 12.8. The van der Waals surface area contributed by atoms with Gasteiger partial charge in [0.05, 0.1) is 11.3 Å². The fourth-order valence-electron chi connectivity index (χ4n) is 2.24. The molecule has 1 aliphatic carbocycles. The highest BCUT2D eigenvalue weighted by Crippen LogP contribution is 2.40. The maximum absolute atomic E-state index is 12.8. The average Bonchev–Trinajstić information content (AvgIpc) is 3.07. The average molecular weight is 321 g/mol. The van der Waals surface area contributed by atoms with Crippen molar-refractivity contribution in [1.82, 2.24) is 15.3 Å². The number of aromatic nitrogens is 3. The summed E-state index contributed by atoms with van der Waals surface area (Å²) in [6.07, 6.45) is -2.27. The second kappa shape index (κ2) is 4.94. The minimum atomic E-state index is -4.42. The lowest BCUT2D eigenvalue weighted by atomic mass is 10.1. The molecule has 0 radical (unpaired) electrons. The Kier molecular flexibility index (Phi) is 3.00.